The van der Waals surface area contributed by atoms with Gasteiger partial charge < -0.3 is 4.74 Å². The minimum absolute atomic E-state index is 0.919. The van der Waals surface area contributed by atoms with Crippen LogP contribution in [0.5, 0.6) is 0 Å². The third-order valence-electron chi connectivity index (χ3n) is 2.30. The predicted molar refractivity (Wildman–Crippen MR) is 73.2 cm³/mol. The van der Waals surface area contributed by atoms with Gasteiger partial charge in [0.2, 0.25) is 0 Å². The zero-order chi connectivity index (χ0) is 12.0. The third-order valence-corrected chi connectivity index (χ3v) is 2.83. The molecule has 1 aromatic carbocycles. The number of hydrogen-bond acceptors (Lipinski definition) is 1. The third kappa shape index (κ3) is 3.86. The normalized spacial score (nSPS) is 12.8. The summed E-state index contributed by atoms with van der Waals surface area (Å²) < 4.78 is 6.38. The smallest absolute Gasteiger partial charge is 0.115 e. The van der Waals surface area contributed by atoms with E-state index in [1.54, 1.807) is 7.11 Å². The number of allylic oxidation sites excluding steroid dienone is 3. The molecule has 0 aliphatic carbocycles. The topological polar surface area (TPSA) is 9.23 Å². The van der Waals surface area contributed by atoms with Gasteiger partial charge in [0.05, 0.1) is 7.11 Å². The molecular formula is C14H17BrO. The van der Waals surface area contributed by atoms with Crippen molar-refractivity contribution < 1.29 is 4.74 Å². The fourth-order valence-electron chi connectivity index (χ4n) is 1.41. The summed E-state index contributed by atoms with van der Waals surface area (Å²) in [6.45, 7) is 4.19. The van der Waals surface area contributed by atoms with Crippen LogP contribution in [0.1, 0.15) is 25.8 Å². The number of benzene rings is 1. The van der Waals surface area contributed by atoms with Crippen molar-refractivity contribution in [3.8, 4) is 0 Å². The molecule has 0 amide bonds. The maximum Gasteiger partial charge on any atom is 0.115 e. The lowest BCUT2D eigenvalue weighted by atomic mass is 10.1. The fraction of sp³-hybridized carbons (Fsp3) is 0.286. The molecule has 0 unspecified atom stereocenters. The van der Waals surface area contributed by atoms with Crippen molar-refractivity contribution in [1.82, 2.24) is 0 Å². The zero-order valence-corrected chi connectivity index (χ0v) is 11.5. The Morgan fingerprint density at radius 3 is 2.44 bits per heavy atom. The van der Waals surface area contributed by atoms with E-state index in [2.05, 4.69) is 54.1 Å². The van der Waals surface area contributed by atoms with Crippen LogP contribution in [-0.2, 0) is 4.74 Å². The molecule has 1 nitrogen and oxygen atoms in total. The van der Waals surface area contributed by atoms with Gasteiger partial charge in [0.15, 0.2) is 0 Å². The van der Waals surface area contributed by atoms with E-state index in [1.165, 1.54) is 11.1 Å². The van der Waals surface area contributed by atoms with Gasteiger partial charge in [-0.3, -0.25) is 0 Å². The molecule has 0 aliphatic rings. The molecule has 0 fully saturated rings. The van der Waals surface area contributed by atoms with Crippen molar-refractivity contribution in [3.05, 3.63) is 52.2 Å². The highest BCUT2D eigenvalue weighted by Gasteiger charge is 1.97. The van der Waals surface area contributed by atoms with Gasteiger partial charge in [-0.25, -0.2) is 0 Å². The van der Waals surface area contributed by atoms with Crippen molar-refractivity contribution >= 4 is 21.5 Å². The summed E-state index contributed by atoms with van der Waals surface area (Å²) in [6.07, 6.45) is 5.11. The lowest BCUT2D eigenvalue weighted by Crippen LogP contribution is -1.85. The van der Waals surface area contributed by atoms with Gasteiger partial charge in [0, 0.05) is 4.47 Å². The molecular weight excluding hydrogens is 264 g/mol. The first-order valence-electron chi connectivity index (χ1n) is 5.35. The lowest BCUT2D eigenvalue weighted by Gasteiger charge is -2.04. The van der Waals surface area contributed by atoms with E-state index >= 15 is 0 Å². The van der Waals surface area contributed by atoms with Crippen molar-refractivity contribution in [3.63, 3.8) is 0 Å². The number of rotatable bonds is 4. The molecule has 1 rings (SSSR count). The molecule has 0 saturated heterocycles. The highest BCUT2D eigenvalue weighted by Crippen LogP contribution is 2.19. The molecule has 16 heavy (non-hydrogen) atoms. The standard InChI is InChI=1S/C14H17BrO/c1-4-5-14(16-3)10-11(2)12-6-8-13(15)9-7-12/h5-10H,4H2,1-3H3/b11-10+,14-5+. The van der Waals surface area contributed by atoms with Crippen LogP contribution in [0.4, 0.5) is 0 Å². The summed E-state index contributed by atoms with van der Waals surface area (Å²) in [5.74, 6) is 0.919. The van der Waals surface area contributed by atoms with E-state index in [0.29, 0.717) is 0 Å². The molecule has 0 radical (unpaired) electrons. The van der Waals surface area contributed by atoms with Crippen LogP contribution < -0.4 is 0 Å². The van der Waals surface area contributed by atoms with E-state index in [-0.39, 0.29) is 0 Å². The Hall–Kier alpha value is -1.02. The van der Waals surface area contributed by atoms with Gasteiger partial charge in [-0.15, -0.1) is 0 Å². The van der Waals surface area contributed by atoms with Crippen LogP contribution in [-0.4, -0.2) is 7.11 Å². The monoisotopic (exact) mass is 280 g/mol. The molecule has 0 spiro atoms. The summed E-state index contributed by atoms with van der Waals surface area (Å²) in [4.78, 5) is 0. The average molecular weight is 281 g/mol. The van der Waals surface area contributed by atoms with E-state index < -0.39 is 0 Å². The van der Waals surface area contributed by atoms with Gasteiger partial charge in [-0.1, -0.05) is 35.0 Å². The number of hydrogen-bond donors (Lipinski definition) is 0. The summed E-state index contributed by atoms with van der Waals surface area (Å²) >= 11 is 3.43. The summed E-state index contributed by atoms with van der Waals surface area (Å²) in [6, 6.07) is 8.27. The highest BCUT2D eigenvalue weighted by atomic mass is 79.9. The molecule has 0 heterocycles. The molecule has 0 aliphatic heterocycles. The van der Waals surface area contributed by atoms with Crippen LogP contribution in [0.3, 0.4) is 0 Å². The fourth-order valence-corrected chi connectivity index (χ4v) is 1.68. The van der Waals surface area contributed by atoms with Crippen molar-refractivity contribution in [1.29, 1.82) is 0 Å². The van der Waals surface area contributed by atoms with Crippen molar-refractivity contribution in [2.75, 3.05) is 7.11 Å². The van der Waals surface area contributed by atoms with Gasteiger partial charge in [0.25, 0.3) is 0 Å². The second kappa shape index (κ2) is 6.54. The van der Waals surface area contributed by atoms with E-state index in [4.69, 9.17) is 4.74 Å². The van der Waals surface area contributed by atoms with Gasteiger partial charge in [-0.2, -0.15) is 0 Å². The van der Waals surface area contributed by atoms with Gasteiger partial charge >= 0.3 is 0 Å². The first kappa shape index (κ1) is 13.0. The minimum atomic E-state index is 0.919. The Bertz CT molecular complexity index is 388. The molecule has 2 heteroatoms. The van der Waals surface area contributed by atoms with Gasteiger partial charge in [-0.05, 0) is 48.8 Å². The van der Waals surface area contributed by atoms with Crippen molar-refractivity contribution in [2.45, 2.75) is 20.3 Å². The summed E-state index contributed by atoms with van der Waals surface area (Å²) in [5.41, 5.74) is 2.41. The number of halogens is 1. The lowest BCUT2D eigenvalue weighted by molar-refractivity contribution is 0.305. The predicted octanol–water partition coefficient (Wildman–Crippen LogP) is 4.79. The summed E-state index contributed by atoms with van der Waals surface area (Å²) in [5, 5.41) is 0. The van der Waals surface area contributed by atoms with Crippen LogP contribution in [0.25, 0.3) is 5.57 Å². The Kier molecular flexibility index (Phi) is 5.33. The molecule has 0 bridgehead atoms. The minimum Gasteiger partial charge on any atom is -0.497 e. The maximum absolute atomic E-state index is 5.28. The van der Waals surface area contributed by atoms with Gasteiger partial charge in [0.1, 0.15) is 5.76 Å². The quantitative estimate of drug-likeness (QED) is 0.569. The first-order chi connectivity index (χ1) is 7.67. The van der Waals surface area contributed by atoms with Crippen LogP contribution in [0.2, 0.25) is 0 Å². The maximum atomic E-state index is 5.28. The number of methoxy groups -OCH3 is 1. The highest BCUT2D eigenvalue weighted by molar-refractivity contribution is 9.10. The molecule has 86 valence electrons. The Balaban J connectivity index is 2.92. The Morgan fingerprint density at radius 2 is 1.94 bits per heavy atom. The van der Waals surface area contributed by atoms with E-state index in [0.717, 1.165) is 16.7 Å². The van der Waals surface area contributed by atoms with Crippen molar-refractivity contribution in [2.24, 2.45) is 0 Å². The summed E-state index contributed by atoms with van der Waals surface area (Å²) in [7, 11) is 1.70. The zero-order valence-electron chi connectivity index (χ0n) is 9.96. The van der Waals surface area contributed by atoms with E-state index in [9.17, 15) is 0 Å². The van der Waals surface area contributed by atoms with Crippen LogP contribution >= 0.6 is 15.9 Å². The van der Waals surface area contributed by atoms with Crippen LogP contribution in [0.15, 0.2) is 46.6 Å². The molecule has 0 aromatic heterocycles. The average Bonchev–Trinajstić information content (AvgIpc) is 2.29. The second-order valence-corrected chi connectivity index (χ2v) is 4.47. The number of ether oxygens (including phenoxy) is 1. The molecule has 1 aromatic rings. The molecule has 0 N–H and O–H groups in total. The molecule has 0 saturated carbocycles. The largest absolute Gasteiger partial charge is 0.497 e. The van der Waals surface area contributed by atoms with Crippen LogP contribution in [0, 0.1) is 0 Å². The second-order valence-electron chi connectivity index (χ2n) is 3.55. The Morgan fingerprint density at radius 1 is 1.31 bits per heavy atom. The van der Waals surface area contributed by atoms with E-state index in [1.807, 2.05) is 12.1 Å². The Labute approximate surface area is 106 Å². The molecule has 0 atom stereocenters. The first-order valence-corrected chi connectivity index (χ1v) is 6.15. The SMILES string of the molecule is CC/C=C(\C=C(/C)c1ccc(Br)cc1)OC.